The molecule has 48 valence electrons. The molecule has 2 rings (SSSR count). The average molecular weight is 268 g/mol. The Morgan fingerprint density at radius 2 is 1.67 bits per heavy atom. The molecule has 1 aromatic rings. The summed E-state index contributed by atoms with van der Waals surface area (Å²) in [6, 6.07) is 0. The molecule has 0 atom stereocenters. The molecule has 0 unspecified atom stereocenters. The monoisotopic (exact) mass is 270 g/mol. The fourth-order valence-corrected chi connectivity index (χ4v) is 8.60. The van der Waals surface area contributed by atoms with E-state index in [9.17, 15) is 0 Å². The molecule has 0 N–H and O–H groups in total. The molecule has 0 spiro atoms. The van der Waals surface area contributed by atoms with Crippen LogP contribution in [-0.4, -0.2) is 29.9 Å². The second-order valence-corrected chi connectivity index (χ2v) is 7.31. The van der Waals surface area contributed by atoms with E-state index >= 15 is 0 Å². The van der Waals surface area contributed by atoms with Crippen LogP contribution in [0.2, 0.25) is 10.6 Å². The molecule has 0 aromatic carbocycles. The molecular weight excluding hydrogens is 262 g/mol. The van der Waals surface area contributed by atoms with Crippen molar-refractivity contribution in [3.05, 3.63) is 10.8 Å². The van der Waals surface area contributed by atoms with Gasteiger partial charge in [-0.3, -0.25) is 0 Å². The summed E-state index contributed by atoms with van der Waals surface area (Å²) in [6.07, 6.45) is 0. The molecule has 0 saturated carbocycles. The first kappa shape index (κ1) is 6.45. The van der Waals surface area contributed by atoms with Crippen LogP contribution >= 0.6 is 11.3 Å². The maximum absolute atomic E-state index is 2.34. The Morgan fingerprint density at radius 1 is 1.11 bits per heavy atom. The van der Waals surface area contributed by atoms with Gasteiger partial charge in [-0.05, 0) is 0 Å². The van der Waals surface area contributed by atoms with Crippen molar-refractivity contribution in [2.24, 2.45) is 0 Å². The maximum atomic E-state index is 2.34. The van der Waals surface area contributed by atoms with E-state index in [2.05, 4.69) is 10.8 Å². The van der Waals surface area contributed by atoms with Gasteiger partial charge in [0.15, 0.2) is 0 Å². The molecule has 0 amide bonds. The number of rotatable bonds is 0. The van der Waals surface area contributed by atoms with Gasteiger partial charge in [-0.1, -0.05) is 0 Å². The van der Waals surface area contributed by atoms with Gasteiger partial charge in [0.05, 0.1) is 0 Å². The summed E-state index contributed by atoms with van der Waals surface area (Å²) in [6.45, 7) is 0. The molecule has 0 saturated heterocycles. The van der Waals surface area contributed by atoms with Crippen molar-refractivity contribution in [2.75, 3.05) is 0 Å². The fourth-order valence-electron chi connectivity index (χ4n) is 0.787. The van der Waals surface area contributed by atoms with Gasteiger partial charge >= 0.3 is 71.6 Å². The van der Waals surface area contributed by atoms with Crippen LogP contribution in [0, 0.1) is 0 Å². The van der Waals surface area contributed by atoms with Crippen LogP contribution < -0.4 is 8.92 Å². The van der Waals surface area contributed by atoms with Crippen LogP contribution in [0.3, 0.4) is 0 Å². The van der Waals surface area contributed by atoms with Gasteiger partial charge in [0.1, 0.15) is 0 Å². The first-order valence-electron chi connectivity index (χ1n) is 2.78. The molecular formula is C6H6SSe2. The van der Waals surface area contributed by atoms with E-state index in [-0.39, 0.29) is 0 Å². The van der Waals surface area contributed by atoms with E-state index in [1.807, 2.05) is 11.3 Å². The number of hydrogen-bond acceptors (Lipinski definition) is 1. The van der Waals surface area contributed by atoms with Gasteiger partial charge in [0, 0.05) is 0 Å². The summed E-state index contributed by atoms with van der Waals surface area (Å²) in [4.78, 5) is 0. The molecule has 1 aromatic heterocycles. The molecule has 0 fully saturated rings. The summed E-state index contributed by atoms with van der Waals surface area (Å²) < 4.78 is 3.41. The first-order valence-corrected chi connectivity index (χ1v) is 7.86. The summed E-state index contributed by atoms with van der Waals surface area (Å²) >= 11 is 3.57. The first-order chi connectivity index (χ1) is 4.47. The molecule has 1 aliphatic heterocycles. The van der Waals surface area contributed by atoms with Crippen molar-refractivity contribution in [3.63, 3.8) is 0 Å². The summed E-state index contributed by atoms with van der Waals surface area (Å²) in [7, 11) is 0. The van der Waals surface area contributed by atoms with E-state index in [1.54, 1.807) is 8.92 Å². The van der Waals surface area contributed by atoms with Gasteiger partial charge in [-0.15, -0.1) is 0 Å². The summed E-state index contributed by atoms with van der Waals surface area (Å²) in [5.74, 6) is 0. The third-order valence-corrected chi connectivity index (χ3v) is 9.01. The van der Waals surface area contributed by atoms with Crippen molar-refractivity contribution < 1.29 is 0 Å². The van der Waals surface area contributed by atoms with E-state index in [0.717, 1.165) is 29.9 Å². The minimum absolute atomic E-state index is 0.843. The second kappa shape index (κ2) is 2.77. The minimum atomic E-state index is 0.843. The molecule has 0 bridgehead atoms. The average Bonchev–Trinajstić information content (AvgIpc) is 2.33. The molecule has 3 heteroatoms. The predicted molar refractivity (Wildman–Crippen MR) is 44.7 cm³/mol. The normalized spacial score (nSPS) is 17.3. The Labute approximate surface area is 71.4 Å². The summed E-state index contributed by atoms with van der Waals surface area (Å²) in [5, 5.41) is 7.68. The Morgan fingerprint density at radius 3 is 2.22 bits per heavy atom. The molecule has 0 radical (unpaired) electrons. The fraction of sp³-hybridized carbons (Fsp3) is 0.333. The molecule has 2 heterocycles. The van der Waals surface area contributed by atoms with Gasteiger partial charge in [0.2, 0.25) is 0 Å². The molecule has 0 aliphatic carbocycles. The quantitative estimate of drug-likeness (QED) is 0.592. The van der Waals surface area contributed by atoms with Gasteiger partial charge in [-0.2, -0.15) is 0 Å². The van der Waals surface area contributed by atoms with Crippen molar-refractivity contribution in [3.8, 4) is 0 Å². The molecule has 0 nitrogen and oxygen atoms in total. The zero-order valence-electron chi connectivity index (χ0n) is 4.79. The van der Waals surface area contributed by atoms with Crippen LogP contribution in [0.5, 0.6) is 0 Å². The Hall–Kier alpha value is 0.739. The van der Waals surface area contributed by atoms with Crippen LogP contribution in [0.25, 0.3) is 0 Å². The zero-order chi connectivity index (χ0) is 6.10. The predicted octanol–water partition coefficient (Wildman–Crippen LogP) is 0.257. The summed E-state index contributed by atoms with van der Waals surface area (Å²) in [5.41, 5.74) is 0. The van der Waals surface area contributed by atoms with E-state index in [1.165, 1.54) is 10.6 Å². The number of fused-ring (bicyclic) bond motifs is 1. The van der Waals surface area contributed by atoms with E-state index < -0.39 is 0 Å². The molecule has 1 aliphatic rings. The SMILES string of the molecule is c1scc2c1[Se]CC[Se]2. The van der Waals surface area contributed by atoms with Crippen molar-refractivity contribution in [1.82, 2.24) is 0 Å². The second-order valence-electron chi connectivity index (χ2n) is 1.80. The van der Waals surface area contributed by atoms with Gasteiger partial charge in [0.25, 0.3) is 0 Å². The van der Waals surface area contributed by atoms with Crippen LogP contribution in [-0.2, 0) is 0 Å². The number of thiophene rings is 1. The Bertz CT molecular complexity index is 186. The van der Waals surface area contributed by atoms with Gasteiger partial charge < -0.3 is 0 Å². The number of hydrogen-bond donors (Lipinski definition) is 0. The van der Waals surface area contributed by atoms with E-state index in [0.29, 0.717) is 0 Å². The van der Waals surface area contributed by atoms with Crippen LogP contribution in [0.4, 0.5) is 0 Å². The third kappa shape index (κ3) is 1.26. The Balaban J connectivity index is 2.39. The van der Waals surface area contributed by atoms with Gasteiger partial charge in [-0.25, -0.2) is 0 Å². The van der Waals surface area contributed by atoms with Crippen molar-refractivity contribution in [2.45, 2.75) is 10.6 Å². The third-order valence-electron chi connectivity index (χ3n) is 1.19. The van der Waals surface area contributed by atoms with Crippen LogP contribution in [0.1, 0.15) is 0 Å². The Kier molecular flexibility index (Phi) is 1.99. The zero-order valence-corrected chi connectivity index (χ0v) is 9.04. The van der Waals surface area contributed by atoms with Crippen molar-refractivity contribution >= 4 is 50.2 Å². The molecule has 9 heavy (non-hydrogen) atoms. The standard InChI is InChI=1S/C6H6SSe2/c1-2-9-6-4-7-3-5(6)8-1/h3-4H,1-2H2. The van der Waals surface area contributed by atoms with Crippen molar-refractivity contribution in [1.29, 1.82) is 0 Å². The van der Waals surface area contributed by atoms with Crippen LogP contribution in [0.15, 0.2) is 10.8 Å². The van der Waals surface area contributed by atoms with E-state index in [4.69, 9.17) is 0 Å². The topological polar surface area (TPSA) is 0 Å².